The van der Waals surface area contributed by atoms with Crippen LogP contribution in [0.15, 0.2) is 0 Å². The summed E-state index contributed by atoms with van der Waals surface area (Å²) in [5, 5.41) is 2.49. The molecule has 2 fully saturated rings. The summed E-state index contributed by atoms with van der Waals surface area (Å²) in [6, 6.07) is -1.20. The second-order valence-corrected chi connectivity index (χ2v) is 4.49. The Labute approximate surface area is 96.1 Å². The standard InChI is InChI=1S/C10H13F3N2O2/c11-10(12,13)5-15-8(16)6-3-1-2-4-7(6)14-9(15)17/h6-7H,1-5H2,(H,14,17). The molecule has 1 aliphatic carbocycles. The summed E-state index contributed by atoms with van der Waals surface area (Å²) in [7, 11) is 0. The van der Waals surface area contributed by atoms with Gasteiger partial charge in [-0.3, -0.25) is 9.69 Å². The van der Waals surface area contributed by atoms with Crippen molar-refractivity contribution in [2.24, 2.45) is 5.92 Å². The van der Waals surface area contributed by atoms with E-state index in [1.54, 1.807) is 0 Å². The molecule has 1 saturated heterocycles. The van der Waals surface area contributed by atoms with Crippen LogP contribution in [0.2, 0.25) is 0 Å². The fourth-order valence-corrected chi connectivity index (χ4v) is 2.46. The van der Waals surface area contributed by atoms with E-state index >= 15 is 0 Å². The molecule has 96 valence electrons. The molecule has 7 heteroatoms. The Hall–Kier alpha value is -1.27. The molecule has 3 amide bonds. The van der Waals surface area contributed by atoms with E-state index in [2.05, 4.69) is 5.32 Å². The molecule has 2 rings (SSSR count). The lowest BCUT2D eigenvalue weighted by atomic mass is 9.82. The predicted molar refractivity (Wildman–Crippen MR) is 52.0 cm³/mol. The minimum Gasteiger partial charge on any atom is -0.334 e. The van der Waals surface area contributed by atoms with Crippen LogP contribution in [-0.2, 0) is 4.79 Å². The summed E-state index contributed by atoms with van der Waals surface area (Å²) in [5.41, 5.74) is 0. The second-order valence-electron chi connectivity index (χ2n) is 4.49. The monoisotopic (exact) mass is 250 g/mol. The first-order chi connectivity index (χ1) is 7.88. The Bertz CT molecular complexity index is 343. The quantitative estimate of drug-likeness (QED) is 0.769. The largest absolute Gasteiger partial charge is 0.406 e. The van der Waals surface area contributed by atoms with Crippen LogP contribution in [0, 0.1) is 5.92 Å². The van der Waals surface area contributed by atoms with E-state index < -0.39 is 30.6 Å². The van der Waals surface area contributed by atoms with Crippen molar-refractivity contribution in [1.82, 2.24) is 10.2 Å². The number of nitrogens with one attached hydrogen (secondary N) is 1. The van der Waals surface area contributed by atoms with Gasteiger partial charge in [-0.05, 0) is 12.8 Å². The Morgan fingerprint density at radius 2 is 1.88 bits per heavy atom. The van der Waals surface area contributed by atoms with Crippen molar-refractivity contribution in [3.63, 3.8) is 0 Å². The number of carbonyl (C=O) groups excluding carboxylic acids is 2. The van der Waals surface area contributed by atoms with E-state index in [0.717, 1.165) is 12.8 Å². The number of imide groups is 1. The number of fused-ring (bicyclic) bond motifs is 1. The first-order valence-corrected chi connectivity index (χ1v) is 5.57. The highest BCUT2D eigenvalue weighted by Gasteiger charge is 2.45. The van der Waals surface area contributed by atoms with Gasteiger partial charge in [0.15, 0.2) is 0 Å². The van der Waals surface area contributed by atoms with E-state index in [1.165, 1.54) is 0 Å². The van der Waals surface area contributed by atoms with Gasteiger partial charge >= 0.3 is 12.2 Å². The van der Waals surface area contributed by atoms with Crippen molar-refractivity contribution in [2.75, 3.05) is 6.54 Å². The van der Waals surface area contributed by atoms with Gasteiger partial charge in [0.1, 0.15) is 6.54 Å². The summed E-state index contributed by atoms with van der Waals surface area (Å²) in [5.74, 6) is -1.17. The number of halogens is 3. The van der Waals surface area contributed by atoms with Crippen molar-refractivity contribution in [1.29, 1.82) is 0 Å². The van der Waals surface area contributed by atoms with Crippen molar-refractivity contribution >= 4 is 11.9 Å². The number of hydrogen-bond acceptors (Lipinski definition) is 2. The van der Waals surface area contributed by atoms with Gasteiger partial charge < -0.3 is 5.32 Å². The SMILES string of the molecule is O=C1NC2CCCCC2C(=O)N1CC(F)(F)F. The van der Waals surface area contributed by atoms with Crippen LogP contribution in [-0.4, -0.2) is 35.6 Å². The van der Waals surface area contributed by atoms with Crippen LogP contribution in [0.1, 0.15) is 25.7 Å². The molecule has 0 aromatic heterocycles. The highest BCUT2D eigenvalue weighted by Crippen LogP contribution is 2.30. The lowest BCUT2D eigenvalue weighted by Crippen LogP contribution is -2.62. The third-order valence-corrected chi connectivity index (χ3v) is 3.24. The molecule has 1 heterocycles. The molecule has 2 atom stereocenters. The predicted octanol–water partition coefficient (Wildman–Crippen LogP) is 1.66. The van der Waals surface area contributed by atoms with Crippen LogP contribution >= 0.6 is 0 Å². The molecule has 2 unspecified atom stereocenters. The van der Waals surface area contributed by atoms with Gasteiger partial charge in [-0.25, -0.2) is 4.79 Å². The highest BCUT2D eigenvalue weighted by molar-refractivity contribution is 5.98. The number of hydrogen-bond donors (Lipinski definition) is 1. The van der Waals surface area contributed by atoms with Gasteiger partial charge in [-0.2, -0.15) is 13.2 Å². The van der Waals surface area contributed by atoms with Crippen LogP contribution in [0.3, 0.4) is 0 Å². The molecule has 1 saturated carbocycles. The van der Waals surface area contributed by atoms with Crippen LogP contribution in [0.4, 0.5) is 18.0 Å². The molecule has 0 radical (unpaired) electrons. The molecule has 4 nitrogen and oxygen atoms in total. The smallest absolute Gasteiger partial charge is 0.334 e. The van der Waals surface area contributed by atoms with Crippen molar-refractivity contribution < 1.29 is 22.8 Å². The van der Waals surface area contributed by atoms with Gasteiger partial charge in [0.25, 0.3) is 0 Å². The van der Waals surface area contributed by atoms with Gasteiger partial charge in [-0.15, -0.1) is 0 Å². The molecular weight excluding hydrogens is 237 g/mol. The number of amides is 3. The molecule has 0 aromatic carbocycles. The Morgan fingerprint density at radius 1 is 1.24 bits per heavy atom. The van der Waals surface area contributed by atoms with Crippen LogP contribution in [0.25, 0.3) is 0 Å². The number of alkyl halides is 3. The van der Waals surface area contributed by atoms with Crippen molar-refractivity contribution in [3.8, 4) is 0 Å². The maximum atomic E-state index is 12.2. The normalized spacial score (nSPS) is 29.9. The Kier molecular flexibility index (Phi) is 3.01. The molecule has 0 spiro atoms. The highest BCUT2D eigenvalue weighted by atomic mass is 19.4. The fraction of sp³-hybridized carbons (Fsp3) is 0.800. The van der Waals surface area contributed by atoms with Gasteiger partial charge in [0, 0.05) is 6.04 Å². The Morgan fingerprint density at radius 3 is 2.53 bits per heavy atom. The summed E-state index contributed by atoms with van der Waals surface area (Å²) < 4.78 is 36.7. The summed E-state index contributed by atoms with van der Waals surface area (Å²) in [6.07, 6.45) is -1.61. The molecule has 2 aliphatic rings. The average Bonchev–Trinajstić information content (AvgIpc) is 2.23. The van der Waals surface area contributed by atoms with Crippen LogP contribution in [0.5, 0.6) is 0 Å². The van der Waals surface area contributed by atoms with Crippen molar-refractivity contribution in [2.45, 2.75) is 37.9 Å². The van der Waals surface area contributed by atoms with Crippen LogP contribution < -0.4 is 5.32 Å². The number of carbonyl (C=O) groups is 2. The Balaban J connectivity index is 2.12. The zero-order chi connectivity index (χ0) is 12.6. The molecule has 17 heavy (non-hydrogen) atoms. The zero-order valence-corrected chi connectivity index (χ0v) is 9.09. The fourth-order valence-electron chi connectivity index (χ4n) is 2.46. The third-order valence-electron chi connectivity index (χ3n) is 3.24. The molecule has 0 bridgehead atoms. The summed E-state index contributed by atoms with van der Waals surface area (Å²) >= 11 is 0. The molecule has 1 aliphatic heterocycles. The van der Waals surface area contributed by atoms with Crippen molar-refractivity contribution in [3.05, 3.63) is 0 Å². The molecular formula is C10H13F3N2O2. The van der Waals surface area contributed by atoms with Gasteiger partial charge in [-0.1, -0.05) is 12.8 Å². The van der Waals surface area contributed by atoms with E-state index in [4.69, 9.17) is 0 Å². The topological polar surface area (TPSA) is 49.4 Å². The first-order valence-electron chi connectivity index (χ1n) is 5.57. The minimum absolute atomic E-state index is 0.284. The molecule has 0 aromatic rings. The van der Waals surface area contributed by atoms with E-state index in [1.807, 2.05) is 0 Å². The number of nitrogens with zero attached hydrogens (tertiary/aromatic N) is 1. The van der Waals surface area contributed by atoms with Gasteiger partial charge in [0.2, 0.25) is 5.91 Å². The maximum Gasteiger partial charge on any atom is 0.406 e. The summed E-state index contributed by atoms with van der Waals surface area (Å²) in [4.78, 5) is 23.5. The van der Waals surface area contributed by atoms with E-state index in [-0.39, 0.29) is 10.9 Å². The number of rotatable bonds is 1. The lowest BCUT2D eigenvalue weighted by molar-refractivity contribution is -0.161. The lowest BCUT2D eigenvalue weighted by Gasteiger charge is -2.40. The molecule has 1 N–H and O–H groups in total. The first kappa shape index (κ1) is 12.2. The minimum atomic E-state index is -4.55. The third kappa shape index (κ3) is 2.53. The van der Waals surface area contributed by atoms with E-state index in [0.29, 0.717) is 12.8 Å². The summed E-state index contributed by atoms with van der Waals surface area (Å²) in [6.45, 7) is -1.50. The average molecular weight is 250 g/mol. The number of urea groups is 1. The maximum absolute atomic E-state index is 12.2. The zero-order valence-electron chi connectivity index (χ0n) is 9.09. The van der Waals surface area contributed by atoms with Gasteiger partial charge in [0.05, 0.1) is 5.92 Å². The van der Waals surface area contributed by atoms with E-state index in [9.17, 15) is 22.8 Å². The second kappa shape index (κ2) is 4.19.